The van der Waals surface area contributed by atoms with Crippen LogP contribution in [0.25, 0.3) is 23.0 Å². The zero-order valence-corrected chi connectivity index (χ0v) is 31.3. The summed E-state index contributed by atoms with van der Waals surface area (Å²) in [6.45, 7) is 11.6. The van der Waals surface area contributed by atoms with E-state index in [1.54, 1.807) is 18.2 Å². The number of ether oxygens (including phenoxy) is 1. The Kier molecular flexibility index (Phi) is 16.4. The van der Waals surface area contributed by atoms with Crippen LogP contribution in [-0.4, -0.2) is 67.6 Å². The molecular formula is C37H47ClF6N6O3. The molecule has 1 N–H and O–H groups in total. The van der Waals surface area contributed by atoms with Crippen LogP contribution in [0.3, 0.4) is 0 Å². The van der Waals surface area contributed by atoms with Gasteiger partial charge >= 0.3 is 12.1 Å². The molecule has 0 atom stereocenters. The molecule has 0 amide bonds. The van der Waals surface area contributed by atoms with Gasteiger partial charge in [0.1, 0.15) is 16.8 Å². The van der Waals surface area contributed by atoms with E-state index in [1.165, 1.54) is 37.7 Å². The van der Waals surface area contributed by atoms with Crippen molar-refractivity contribution >= 4 is 24.1 Å². The highest BCUT2D eigenvalue weighted by molar-refractivity contribution is 6.32. The highest BCUT2D eigenvalue weighted by atomic mass is 35.5. The second kappa shape index (κ2) is 19.3. The number of aryl methyl sites for hydroxylation is 1. The number of aromatic nitrogens is 4. The van der Waals surface area contributed by atoms with Crippen molar-refractivity contribution in [3.8, 4) is 23.0 Å². The predicted molar refractivity (Wildman–Crippen MR) is 192 cm³/mol. The first-order chi connectivity index (χ1) is 24.8. The highest BCUT2D eigenvalue weighted by Crippen LogP contribution is 2.48. The van der Waals surface area contributed by atoms with Crippen LogP contribution in [0.1, 0.15) is 82.5 Å². The molecular weight excluding hydrogens is 726 g/mol. The van der Waals surface area contributed by atoms with E-state index < -0.39 is 34.8 Å². The molecule has 1 aromatic carbocycles. The Morgan fingerprint density at radius 1 is 1.17 bits per heavy atom. The van der Waals surface area contributed by atoms with Crippen LogP contribution in [0.15, 0.2) is 49.8 Å². The van der Waals surface area contributed by atoms with Gasteiger partial charge in [-0.25, -0.2) is 13.8 Å². The third-order valence-electron chi connectivity index (χ3n) is 8.61. The molecule has 2 aliphatic rings. The van der Waals surface area contributed by atoms with Gasteiger partial charge in [0.25, 0.3) is 6.47 Å². The lowest BCUT2D eigenvalue weighted by Crippen LogP contribution is -2.38. The number of hydrogen-bond acceptors (Lipinski definition) is 6. The highest BCUT2D eigenvalue weighted by Gasteiger charge is 2.57. The first kappa shape index (κ1) is 45.0. The number of alkyl halides is 6. The fraction of sp³-hybridized carbons (Fsp3) is 0.514. The summed E-state index contributed by atoms with van der Waals surface area (Å²) >= 11 is 6.03. The van der Waals surface area contributed by atoms with E-state index in [2.05, 4.69) is 36.3 Å². The second-order valence-electron chi connectivity index (χ2n) is 13.1. The van der Waals surface area contributed by atoms with E-state index in [0.717, 1.165) is 49.9 Å². The van der Waals surface area contributed by atoms with Crippen molar-refractivity contribution < 1.29 is 41.0 Å². The van der Waals surface area contributed by atoms with Gasteiger partial charge in [0.15, 0.2) is 11.5 Å². The van der Waals surface area contributed by atoms with Crippen LogP contribution in [0, 0.1) is 17.2 Å². The number of benzene rings is 1. The van der Waals surface area contributed by atoms with E-state index in [4.69, 9.17) is 31.5 Å². The van der Waals surface area contributed by atoms with Crippen molar-refractivity contribution in [2.24, 2.45) is 13.0 Å². The molecule has 9 nitrogen and oxygen atoms in total. The average molecular weight is 773 g/mol. The summed E-state index contributed by atoms with van der Waals surface area (Å²) < 4.78 is 91.5. The van der Waals surface area contributed by atoms with Crippen molar-refractivity contribution in [3.05, 3.63) is 71.7 Å². The molecule has 2 saturated carbocycles. The topological polar surface area (TPSA) is 109 Å². The molecule has 0 radical (unpaired) electrons. The Morgan fingerprint density at radius 2 is 1.79 bits per heavy atom. The molecule has 2 aliphatic carbocycles. The Balaban J connectivity index is 0.000000361. The van der Waals surface area contributed by atoms with Gasteiger partial charge in [-0.2, -0.15) is 37.4 Å². The number of nitriles is 1. The van der Waals surface area contributed by atoms with Crippen molar-refractivity contribution in [3.63, 3.8) is 0 Å². The predicted octanol–water partition coefficient (Wildman–Crippen LogP) is 9.85. The normalized spacial score (nSPS) is 14.7. The number of rotatable bonds is 13. The maximum Gasteiger partial charge on any atom is 0.422 e. The zero-order chi connectivity index (χ0) is 40.2. The summed E-state index contributed by atoms with van der Waals surface area (Å²) in [6.07, 6.45) is 9.06. The first-order valence-electron chi connectivity index (χ1n) is 16.9. The molecule has 3 aromatic rings. The summed E-state index contributed by atoms with van der Waals surface area (Å²) in [5, 5.41) is 23.4. The second-order valence-corrected chi connectivity index (χ2v) is 13.5. The number of carbonyl (C=O) groups is 1. The number of unbranched alkanes of at least 4 members (excludes halogenated alkanes) is 1. The van der Waals surface area contributed by atoms with Gasteiger partial charge in [-0.1, -0.05) is 62.6 Å². The molecule has 0 unspecified atom stereocenters. The molecule has 5 rings (SSSR count). The van der Waals surface area contributed by atoms with Crippen molar-refractivity contribution in [2.45, 2.75) is 89.0 Å². The van der Waals surface area contributed by atoms with Crippen LogP contribution in [0.2, 0.25) is 5.02 Å². The van der Waals surface area contributed by atoms with Crippen molar-refractivity contribution in [1.82, 2.24) is 24.5 Å². The van der Waals surface area contributed by atoms with Crippen LogP contribution in [0.5, 0.6) is 0 Å². The molecule has 2 fully saturated rings. The lowest BCUT2D eigenvalue weighted by molar-refractivity contribution is -0.156. The van der Waals surface area contributed by atoms with E-state index >= 15 is 0 Å². The molecule has 53 heavy (non-hydrogen) atoms. The van der Waals surface area contributed by atoms with E-state index in [1.807, 2.05) is 18.0 Å². The van der Waals surface area contributed by atoms with Crippen LogP contribution >= 0.6 is 11.6 Å². The third-order valence-corrected chi connectivity index (χ3v) is 8.96. The van der Waals surface area contributed by atoms with Gasteiger partial charge in [-0.15, -0.1) is 6.58 Å². The first-order valence-corrected chi connectivity index (χ1v) is 17.2. The van der Waals surface area contributed by atoms with E-state index in [9.17, 15) is 26.3 Å². The van der Waals surface area contributed by atoms with Gasteiger partial charge in [0, 0.05) is 30.4 Å². The molecule has 2 aromatic heterocycles. The van der Waals surface area contributed by atoms with Gasteiger partial charge in [0.2, 0.25) is 0 Å². The minimum atomic E-state index is -5.24. The van der Waals surface area contributed by atoms with Crippen molar-refractivity contribution in [1.29, 1.82) is 5.26 Å². The Bertz CT molecular complexity index is 1700. The van der Waals surface area contributed by atoms with Crippen LogP contribution in [-0.2, 0) is 28.7 Å². The zero-order valence-electron chi connectivity index (χ0n) is 30.6. The summed E-state index contributed by atoms with van der Waals surface area (Å²) in [6, 6.07) is 7.19. The minimum absolute atomic E-state index is 0.210. The summed E-state index contributed by atoms with van der Waals surface area (Å²) in [7, 11) is 3.00. The summed E-state index contributed by atoms with van der Waals surface area (Å²) in [5.41, 5.74) is -5.40. The number of allylic oxidation sites excluding steroid dienone is 1. The van der Waals surface area contributed by atoms with Crippen LogP contribution in [0.4, 0.5) is 26.3 Å². The smallest absolute Gasteiger partial charge is 0.422 e. The lowest BCUT2D eigenvalue weighted by Gasteiger charge is -2.26. The Labute approximate surface area is 311 Å². The maximum absolute atomic E-state index is 14.6. The molecule has 0 aliphatic heterocycles. The van der Waals surface area contributed by atoms with Gasteiger partial charge in [-0.3, -0.25) is 9.69 Å². The Hall–Kier alpha value is -4.13. The minimum Gasteiger partial charge on any atom is -0.483 e. The molecule has 292 valence electrons. The molecule has 0 bridgehead atoms. The number of nitrogens with zero attached hydrogens (tertiary/aromatic N) is 6. The van der Waals surface area contributed by atoms with E-state index in [0.29, 0.717) is 47.0 Å². The quantitative estimate of drug-likeness (QED) is 0.0606. The van der Waals surface area contributed by atoms with E-state index in [-0.39, 0.29) is 12.0 Å². The van der Waals surface area contributed by atoms with Gasteiger partial charge < -0.3 is 9.84 Å². The number of hydrogen-bond donors (Lipinski definition) is 1. The SMILES string of the molecule is C=CCCCOCN(C)C1(C#N)CC1.C=Cc1cc(-c2cnn(-c3c(C(F)(F)F)c(C(F)(F)C(C)(C)F)nn3C)c2)ccc1Cl.CCC1CC1.O=CO. The molecule has 0 spiro atoms. The fourth-order valence-electron chi connectivity index (χ4n) is 4.89. The standard InChI is InChI=1S/C20H17ClF6N4.C11H18N2O.C5H10.CH2O2/c1-5-11-8-12(6-7-14(11)21)13-9-28-31(10-13)17-15(20(25,26)27)16(29-30(17)4)19(23,24)18(2,3)22;1-3-4-5-8-14-10-13(2)11(9-12)6-7-11;1-2-5-3-4-5;2-1-3/h5-10H,1H2,2-4H3;3H,1,4-8,10H2,2H3;5H,2-4H2,1H3;1H,(H,2,3). The molecule has 16 heteroatoms. The lowest BCUT2D eigenvalue weighted by atomic mass is 9.96. The molecule has 2 heterocycles. The number of halogens is 7. The van der Waals surface area contributed by atoms with Crippen LogP contribution < -0.4 is 0 Å². The van der Waals surface area contributed by atoms with Crippen molar-refractivity contribution in [2.75, 3.05) is 20.4 Å². The maximum atomic E-state index is 14.6. The number of carboxylic acid groups (broad SMARTS) is 1. The van der Waals surface area contributed by atoms with Gasteiger partial charge in [0.05, 0.1) is 19.0 Å². The monoisotopic (exact) mass is 772 g/mol. The molecule has 0 saturated heterocycles. The summed E-state index contributed by atoms with van der Waals surface area (Å²) in [5.74, 6) is -4.13. The third kappa shape index (κ3) is 12.2. The fourth-order valence-corrected chi connectivity index (χ4v) is 5.08. The van der Waals surface area contributed by atoms with Gasteiger partial charge in [-0.05, 0) is 75.8 Å². The average Bonchev–Trinajstić information content (AvgIpc) is 4.01. The Morgan fingerprint density at radius 3 is 2.25 bits per heavy atom. The largest absolute Gasteiger partial charge is 0.483 e. The summed E-state index contributed by atoms with van der Waals surface area (Å²) in [4.78, 5) is 10.4.